The lowest BCUT2D eigenvalue weighted by Gasteiger charge is -2.23. The average Bonchev–Trinajstić information content (AvgIpc) is 3.53. The summed E-state index contributed by atoms with van der Waals surface area (Å²) in [6, 6.07) is 45.3. The van der Waals surface area contributed by atoms with Gasteiger partial charge in [-0.2, -0.15) is 0 Å². The Labute approximate surface area is 270 Å². The van der Waals surface area contributed by atoms with Crippen molar-refractivity contribution in [2.45, 2.75) is 12.7 Å². The second-order valence-corrected chi connectivity index (χ2v) is 12.3. The zero-order chi connectivity index (χ0) is 30.9. The van der Waals surface area contributed by atoms with Gasteiger partial charge in [-0.3, -0.25) is 0 Å². The van der Waals surface area contributed by atoms with E-state index in [1.54, 1.807) is 0 Å². The van der Waals surface area contributed by atoms with Gasteiger partial charge < -0.3 is 15.1 Å². The minimum absolute atomic E-state index is 0.418. The Morgan fingerprint density at radius 1 is 0.596 bits per heavy atom. The fourth-order valence-corrected chi connectivity index (χ4v) is 7.27. The van der Waals surface area contributed by atoms with Crippen molar-refractivity contribution in [3.63, 3.8) is 0 Å². The van der Waals surface area contributed by atoms with Gasteiger partial charge in [0.05, 0.1) is 0 Å². The van der Waals surface area contributed by atoms with Gasteiger partial charge in [0, 0.05) is 34.8 Å². The molecule has 3 heterocycles. The largest absolute Gasteiger partial charge is 0.456 e. The standard InChI is InChI=1S/C42H28N4O/c1-2-8-28-22-30(17-12-25(28)6-1)40-44-41(46-42(45-40)34-10-5-11-37-39(34)35-24-43-21-20-36(35)47-37)31-18-19-33-29(23-31)16-15-27-14-13-26-7-3-4-9-32(26)38(27)33/h1-23,40,43H,24H2,(H,44,45,46). The van der Waals surface area contributed by atoms with E-state index in [4.69, 9.17) is 14.4 Å². The lowest BCUT2D eigenvalue weighted by atomic mass is 9.95. The summed E-state index contributed by atoms with van der Waals surface area (Å²) < 4.78 is 6.27. The van der Waals surface area contributed by atoms with Gasteiger partial charge >= 0.3 is 0 Å². The molecule has 2 N–H and O–H groups in total. The third-order valence-corrected chi connectivity index (χ3v) is 9.54. The highest BCUT2D eigenvalue weighted by Gasteiger charge is 2.25. The molecule has 222 valence electrons. The molecule has 0 spiro atoms. The van der Waals surface area contributed by atoms with Crippen LogP contribution in [0.5, 0.6) is 0 Å². The summed E-state index contributed by atoms with van der Waals surface area (Å²) in [6.45, 7) is 0.700. The number of nitrogens with one attached hydrogen (secondary N) is 2. The normalized spacial score (nSPS) is 15.9. The van der Waals surface area contributed by atoms with E-state index in [0.29, 0.717) is 6.54 Å². The number of aliphatic imine (C=N–C) groups is 2. The number of amidine groups is 2. The van der Waals surface area contributed by atoms with Crippen LogP contribution in [0.1, 0.15) is 34.2 Å². The van der Waals surface area contributed by atoms with Crippen molar-refractivity contribution in [1.29, 1.82) is 0 Å². The summed E-state index contributed by atoms with van der Waals surface area (Å²) in [4.78, 5) is 10.5. The van der Waals surface area contributed by atoms with Crippen LogP contribution in [-0.4, -0.2) is 11.7 Å². The zero-order valence-electron chi connectivity index (χ0n) is 25.4. The van der Waals surface area contributed by atoms with Crippen molar-refractivity contribution in [2.24, 2.45) is 9.98 Å². The molecule has 2 aliphatic heterocycles. The van der Waals surface area contributed by atoms with Crippen LogP contribution < -0.4 is 10.6 Å². The summed E-state index contributed by atoms with van der Waals surface area (Å²) in [5.74, 6) is 2.46. The highest BCUT2D eigenvalue weighted by molar-refractivity contribution is 6.23. The second-order valence-electron chi connectivity index (χ2n) is 12.3. The molecule has 1 atom stereocenters. The van der Waals surface area contributed by atoms with Crippen LogP contribution in [0.3, 0.4) is 0 Å². The predicted molar refractivity (Wildman–Crippen MR) is 194 cm³/mol. The second kappa shape index (κ2) is 10.2. The van der Waals surface area contributed by atoms with Crippen molar-refractivity contribution in [2.75, 3.05) is 0 Å². The Hall–Kier alpha value is -6.20. The Bertz CT molecular complexity index is 2680. The van der Waals surface area contributed by atoms with Crippen LogP contribution >= 0.6 is 0 Å². The molecule has 5 nitrogen and oxygen atoms in total. The van der Waals surface area contributed by atoms with E-state index in [-0.39, 0.29) is 0 Å². The van der Waals surface area contributed by atoms with Crippen molar-refractivity contribution in [3.05, 3.63) is 162 Å². The van der Waals surface area contributed by atoms with E-state index in [1.807, 2.05) is 24.4 Å². The summed E-state index contributed by atoms with van der Waals surface area (Å²) in [7, 11) is 0. The molecule has 7 aromatic carbocycles. The Kier molecular flexibility index (Phi) is 5.63. The Balaban J connectivity index is 1.15. The maximum atomic E-state index is 6.27. The molecule has 0 saturated carbocycles. The van der Waals surface area contributed by atoms with Crippen molar-refractivity contribution in [3.8, 4) is 0 Å². The molecule has 0 radical (unpaired) electrons. The minimum Gasteiger partial charge on any atom is -0.456 e. The SMILES string of the molecule is C1=Cc2oc3cccc(C4=NC(c5ccc6ccccc6c5)N=C(c5ccc6c(ccc7ccc8ccccc8c76)c5)N4)c3c2CN1. The van der Waals surface area contributed by atoms with Crippen LogP contribution in [0.2, 0.25) is 0 Å². The lowest BCUT2D eigenvalue weighted by Crippen LogP contribution is -2.36. The lowest BCUT2D eigenvalue weighted by molar-refractivity contribution is 0.592. The van der Waals surface area contributed by atoms with Gasteiger partial charge in [-0.25, -0.2) is 9.98 Å². The monoisotopic (exact) mass is 604 g/mol. The highest BCUT2D eigenvalue weighted by atomic mass is 16.3. The molecule has 0 saturated heterocycles. The molecule has 2 aliphatic rings. The zero-order valence-corrected chi connectivity index (χ0v) is 25.4. The Morgan fingerprint density at radius 3 is 2.30 bits per heavy atom. The first kappa shape index (κ1) is 26.1. The van der Waals surface area contributed by atoms with Gasteiger partial charge in [-0.05, 0) is 72.9 Å². The van der Waals surface area contributed by atoms with E-state index in [1.165, 1.54) is 43.1 Å². The molecule has 10 rings (SSSR count). The van der Waals surface area contributed by atoms with E-state index >= 15 is 0 Å². The minimum atomic E-state index is -0.418. The van der Waals surface area contributed by atoms with Gasteiger partial charge in [-0.1, -0.05) is 109 Å². The number of rotatable bonds is 3. The number of benzene rings is 7. The number of furan rings is 1. The van der Waals surface area contributed by atoms with Crippen LogP contribution in [0.15, 0.2) is 148 Å². The van der Waals surface area contributed by atoms with Gasteiger partial charge in [0.25, 0.3) is 0 Å². The maximum Gasteiger partial charge on any atom is 0.169 e. The molecule has 0 fully saturated rings. The third kappa shape index (κ3) is 4.17. The first-order valence-electron chi connectivity index (χ1n) is 16.0. The molecular weight excluding hydrogens is 576 g/mol. The van der Waals surface area contributed by atoms with Crippen molar-refractivity contribution >= 4 is 71.8 Å². The topological polar surface area (TPSA) is 61.9 Å². The summed E-state index contributed by atoms with van der Waals surface area (Å²) in [6.07, 6.45) is 3.51. The molecule has 0 bridgehead atoms. The van der Waals surface area contributed by atoms with Crippen LogP contribution in [0, 0.1) is 0 Å². The fraction of sp³-hybridized carbons (Fsp3) is 0.0476. The number of hydrogen-bond acceptors (Lipinski definition) is 5. The van der Waals surface area contributed by atoms with Crippen molar-refractivity contribution < 1.29 is 4.42 Å². The van der Waals surface area contributed by atoms with Gasteiger partial charge in [-0.15, -0.1) is 0 Å². The average molecular weight is 605 g/mol. The van der Waals surface area contributed by atoms with Crippen LogP contribution in [-0.2, 0) is 6.54 Å². The number of hydrogen-bond donors (Lipinski definition) is 2. The predicted octanol–water partition coefficient (Wildman–Crippen LogP) is 9.61. The van der Waals surface area contributed by atoms with Gasteiger partial charge in [0.1, 0.15) is 23.0 Å². The van der Waals surface area contributed by atoms with Gasteiger partial charge in [0.2, 0.25) is 0 Å². The van der Waals surface area contributed by atoms with Crippen LogP contribution in [0.25, 0.3) is 60.1 Å². The highest BCUT2D eigenvalue weighted by Crippen LogP contribution is 2.35. The molecule has 0 amide bonds. The summed E-state index contributed by atoms with van der Waals surface area (Å²) >= 11 is 0. The molecule has 47 heavy (non-hydrogen) atoms. The van der Waals surface area contributed by atoms with E-state index < -0.39 is 6.17 Å². The first-order valence-corrected chi connectivity index (χ1v) is 16.0. The fourth-order valence-electron chi connectivity index (χ4n) is 7.27. The quantitative estimate of drug-likeness (QED) is 0.197. The molecule has 0 aliphatic carbocycles. The molecule has 1 unspecified atom stereocenters. The summed E-state index contributed by atoms with van der Waals surface area (Å²) in [5.41, 5.74) is 5.05. The molecule has 8 aromatic rings. The molecular formula is C42H28N4O. The van der Waals surface area contributed by atoms with Crippen molar-refractivity contribution in [1.82, 2.24) is 10.6 Å². The third-order valence-electron chi connectivity index (χ3n) is 9.54. The number of nitrogens with zero attached hydrogens (tertiary/aromatic N) is 2. The van der Waals surface area contributed by atoms with Gasteiger partial charge in [0.15, 0.2) is 6.17 Å². The maximum absolute atomic E-state index is 6.27. The molecule has 1 aromatic heterocycles. The van der Waals surface area contributed by atoms with E-state index in [2.05, 4.69) is 126 Å². The Morgan fingerprint density at radius 2 is 1.36 bits per heavy atom. The van der Waals surface area contributed by atoms with E-state index in [0.717, 1.165) is 50.7 Å². The smallest absolute Gasteiger partial charge is 0.169 e. The molecule has 5 heteroatoms. The van der Waals surface area contributed by atoms with Crippen LogP contribution in [0.4, 0.5) is 0 Å². The first-order chi connectivity index (χ1) is 23.3. The summed E-state index contributed by atoms with van der Waals surface area (Å²) in [5, 5.41) is 17.9. The number of fused-ring (bicyclic) bond motifs is 9. The van der Waals surface area contributed by atoms with E-state index in [9.17, 15) is 0 Å².